The van der Waals surface area contributed by atoms with E-state index in [1.165, 1.54) is 18.6 Å². The van der Waals surface area contributed by atoms with Crippen molar-refractivity contribution < 1.29 is 5.11 Å². The molecule has 0 aromatic carbocycles. The molecule has 1 unspecified atom stereocenters. The van der Waals surface area contributed by atoms with Crippen LogP contribution < -0.4 is 0 Å². The van der Waals surface area contributed by atoms with Crippen LogP contribution in [0.4, 0.5) is 0 Å². The first-order valence-corrected chi connectivity index (χ1v) is 5.15. The molecule has 10 heavy (non-hydrogen) atoms. The molecule has 0 aliphatic heterocycles. The molecule has 0 spiro atoms. The van der Waals surface area contributed by atoms with Crippen LogP contribution in [0.2, 0.25) is 0 Å². The number of hydrogen-bond acceptors (Lipinski definition) is 2. The van der Waals surface area contributed by atoms with Gasteiger partial charge in [-0.2, -0.15) is 11.8 Å². The molecule has 62 valence electrons. The Labute approximate surface area is 68.2 Å². The molecule has 0 heterocycles. The van der Waals surface area contributed by atoms with Crippen LogP contribution in [0.25, 0.3) is 0 Å². The Bertz CT molecular complexity index is 66.3. The number of thioether (sulfide) groups is 1. The first-order valence-electron chi connectivity index (χ1n) is 3.99. The van der Waals surface area contributed by atoms with Gasteiger partial charge in [-0.3, -0.25) is 0 Å². The van der Waals surface area contributed by atoms with Crippen LogP contribution in [0.3, 0.4) is 0 Å². The van der Waals surface area contributed by atoms with Crippen LogP contribution >= 0.6 is 11.8 Å². The van der Waals surface area contributed by atoms with Crippen molar-refractivity contribution in [2.24, 2.45) is 5.92 Å². The summed E-state index contributed by atoms with van der Waals surface area (Å²) in [4.78, 5) is 0. The zero-order valence-corrected chi connectivity index (χ0v) is 7.78. The fourth-order valence-electron chi connectivity index (χ4n) is 0.584. The second-order valence-corrected chi connectivity index (χ2v) is 3.87. The number of aliphatic hydroxyl groups excluding tert-OH is 1. The van der Waals surface area contributed by atoms with Gasteiger partial charge >= 0.3 is 0 Å². The lowest BCUT2D eigenvalue weighted by Gasteiger charge is -2.05. The monoisotopic (exact) mass is 162 g/mol. The SMILES string of the molecule is CCCCSCC(C)CO. The summed E-state index contributed by atoms with van der Waals surface area (Å²) in [6, 6.07) is 0. The Balaban J connectivity index is 2.89. The van der Waals surface area contributed by atoms with Gasteiger partial charge in [-0.25, -0.2) is 0 Å². The van der Waals surface area contributed by atoms with E-state index in [1.54, 1.807) is 0 Å². The van der Waals surface area contributed by atoms with Crippen molar-refractivity contribution >= 4 is 11.8 Å². The van der Waals surface area contributed by atoms with Gasteiger partial charge in [0, 0.05) is 6.61 Å². The van der Waals surface area contributed by atoms with Crippen molar-refractivity contribution in [2.45, 2.75) is 26.7 Å². The molecule has 0 bridgehead atoms. The minimum atomic E-state index is 0.332. The summed E-state index contributed by atoms with van der Waals surface area (Å²) in [5.74, 6) is 2.83. The first-order chi connectivity index (χ1) is 4.81. The van der Waals surface area contributed by atoms with E-state index in [9.17, 15) is 0 Å². The third-order valence-corrected chi connectivity index (χ3v) is 2.74. The Morgan fingerprint density at radius 2 is 2.20 bits per heavy atom. The molecule has 0 aromatic rings. The number of unbranched alkanes of at least 4 members (excludes halogenated alkanes) is 1. The van der Waals surface area contributed by atoms with E-state index >= 15 is 0 Å². The van der Waals surface area contributed by atoms with E-state index in [0.717, 1.165) is 5.75 Å². The molecule has 1 nitrogen and oxygen atoms in total. The molecule has 0 saturated carbocycles. The highest BCUT2D eigenvalue weighted by atomic mass is 32.2. The highest BCUT2D eigenvalue weighted by molar-refractivity contribution is 7.99. The van der Waals surface area contributed by atoms with Crippen LogP contribution in [0.5, 0.6) is 0 Å². The molecule has 1 atom stereocenters. The Hall–Kier alpha value is 0.310. The predicted molar refractivity (Wildman–Crippen MR) is 48.5 cm³/mol. The van der Waals surface area contributed by atoms with Gasteiger partial charge in [-0.05, 0) is 23.8 Å². The maximum atomic E-state index is 8.68. The Morgan fingerprint density at radius 3 is 2.70 bits per heavy atom. The van der Waals surface area contributed by atoms with Gasteiger partial charge in [0.15, 0.2) is 0 Å². The van der Waals surface area contributed by atoms with Crippen molar-refractivity contribution in [2.75, 3.05) is 18.1 Å². The second kappa shape index (κ2) is 7.42. The fraction of sp³-hybridized carbons (Fsp3) is 1.00. The second-order valence-electron chi connectivity index (χ2n) is 2.72. The summed E-state index contributed by atoms with van der Waals surface area (Å²) in [6.45, 7) is 4.62. The van der Waals surface area contributed by atoms with E-state index in [4.69, 9.17) is 5.11 Å². The van der Waals surface area contributed by atoms with Gasteiger partial charge in [0.05, 0.1) is 0 Å². The van der Waals surface area contributed by atoms with Crippen molar-refractivity contribution in [3.63, 3.8) is 0 Å². The third-order valence-electron chi connectivity index (χ3n) is 1.36. The molecule has 0 rings (SSSR count). The summed E-state index contributed by atoms with van der Waals surface area (Å²) in [6.07, 6.45) is 2.59. The van der Waals surface area contributed by atoms with Gasteiger partial charge in [0.25, 0.3) is 0 Å². The van der Waals surface area contributed by atoms with Gasteiger partial charge in [-0.1, -0.05) is 20.3 Å². The lowest BCUT2D eigenvalue weighted by atomic mass is 10.2. The first kappa shape index (κ1) is 10.3. The topological polar surface area (TPSA) is 20.2 Å². The quantitative estimate of drug-likeness (QED) is 0.604. The highest BCUT2D eigenvalue weighted by Crippen LogP contribution is 2.09. The third kappa shape index (κ3) is 6.43. The van der Waals surface area contributed by atoms with Gasteiger partial charge in [0.1, 0.15) is 0 Å². The molecule has 0 radical (unpaired) electrons. The lowest BCUT2D eigenvalue weighted by Crippen LogP contribution is -2.03. The lowest BCUT2D eigenvalue weighted by molar-refractivity contribution is 0.250. The number of rotatable bonds is 6. The summed E-state index contributed by atoms with van der Waals surface area (Å²) >= 11 is 1.95. The normalized spacial score (nSPS) is 13.5. The molecule has 0 aromatic heterocycles. The minimum absolute atomic E-state index is 0.332. The zero-order valence-electron chi connectivity index (χ0n) is 6.97. The molecule has 0 aliphatic rings. The molecule has 0 aliphatic carbocycles. The maximum Gasteiger partial charge on any atom is 0.0464 e. The van der Waals surface area contributed by atoms with E-state index < -0.39 is 0 Å². The number of hydrogen-bond donors (Lipinski definition) is 1. The molecule has 0 fully saturated rings. The Kier molecular flexibility index (Phi) is 7.65. The van der Waals surface area contributed by atoms with Crippen LogP contribution in [-0.2, 0) is 0 Å². The van der Waals surface area contributed by atoms with Gasteiger partial charge in [0.2, 0.25) is 0 Å². The molecule has 0 amide bonds. The van der Waals surface area contributed by atoms with Crippen molar-refractivity contribution in [3.8, 4) is 0 Å². The maximum absolute atomic E-state index is 8.68. The molecular formula is C8H18OS. The van der Waals surface area contributed by atoms with E-state index in [0.29, 0.717) is 12.5 Å². The minimum Gasteiger partial charge on any atom is -0.396 e. The number of aliphatic hydroxyl groups is 1. The predicted octanol–water partition coefficient (Wildman–Crippen LogP) is 2.15. The summed E-state index contributed by atoms with van der Waals surface area (Å²) < 4.78 is 0. The highest BCUT2D eigenvalue weighted by Gasteiger charge is 1.97. The van der Waals surface area contributed by atoms with Crippen LogP contribution in [0.1, 0.15) is 26.7 Å². The molecule has 1 N–H and O–H groups in total. The molecular weight excluding hydrogens is 144 g/mol. The van der Waals surface area contributed by atoms with Crippen molar-refractivity contribution in [1.29, 1.82) is 0 Å². The standard InChI is InChI=1S/C8H18OS/c1-3-4-5-10-7-8(2)6-9/h8-9H,3-7H2,1-2H3. The van der Waals surface area contributed by atoms with Crippen LogP contribution in [0.15, 0.2) is 0 Å². The zero-order chi connectivity index (χ0) is 7.82. The van der Waals surface area contributed by atoms with Gasteiger partial charge in [-0.15, -0.1) is 0 Å². The van der Waals surface area contributed by atoms with Crippen LogP contribution in [-0.4, -0.2) is 23.2 Å². The fourth-order valence-corrected chi connectivity index (χ4v) is 1.75. The van der Waals surface area contributed by atoms with Crippen LogP contribution in [0, 0.1) is 5.92 Å². The van der Waals surface area contributed by atoms with E-state index in [1.807, 2.05) is 11.8 Å². The largest absolute Gasteiger partial charge is 0.396 e. The van der Waals surface area contributed by atoms with Crippen molar-refractivity contribution in [3.05, 3.63) is 0 Å². The Morgan fingerprint density at radius 1 is 1.50 bits per heavy atom. The molecule has 2 heteroatoms. The van der Waals surface area contributed by atoms with E-state index in [-0.39, 0.29) is 0 Å². The average molecular weight is 162 g/mol. The van der Waals surface area contributed by atoms with Gasteiger partial charge < -0.3 is 5.11 Å². The summed E-state index contributed by atoms with van der Waals surface area (Å²) in [5, 5.41) is 8.68. The van der Waals surface area contributed by atoms with Crippen molar-refractivity contribution in [1.82, 2.24) is 0 Å². The average Bonchev–Trinajstić information content (AvgIpc) is 1.98. The summed E-state index contributed by atoms with van der Waals surface area (Å²) in [7, 11) is 0. The van der Waals surface area contributed by atoms with E-state index in [2.05, 4.69) is 13.8 Å². The summed E-state index contributed by atoms with van der Waals surface area (Å²) in [5.41, 5.74) is 0. The molecule has 0 saturated heterocycles. The smallest absolute Gasteiger partial charge is 0.0464 e.